The van der Waals surface area contributed by atoms with Crippen LogP contribution in [0.4, 0.5) is 0 Å². The van der Waals surface area contributed by atoms with Crippen LogP contribution in [0.3, 0.4) is 0 Å². The molecule has 4 heteroatoms. The molecular weight excluding hydrogens is 290 g/mol. The zero-order valence-corrected chi connectivity index (χ0v) is 8.69. The van der Waals surface area contributed by atoms with Gasteiger partial charge in [0.1, 0.15) is 0 Å². The fourth-order valence-electron chi connectivity index (χ4n) is 0.108. The highest BCUT2D eigenvalue weighted by Gasteiger charge is 1.94. The zero-order chi connectivity index (χ0) is 5.70. The summed E-state index contributed by atoms with van der Waals surface area (Å²) in [7, 11) is 0. The van der Waals surface area contributed by atoms with Crippen LogP contribution in [0.1, 0.15) is 6.92 Å². The average molecular weight is 297 g/mol. The number of alkyl halides is 1. The fourth-order valence-corrected chi connectivity index (χ4v) is 2.02. The summed E-state index contributed by atoms with van der Waals surface area (Å²) < 4.78 is 5.16. The molecule has 2 unspecified atom stereocenters. The minimum Gasteiger partial charge on any atom is -0.348 e. The van der Waals surface area contributed by atoms with Crippen molar-refractivity contribution in [3.05, 3.63) is 0 Å². The van der Waals surface area contributed by atoms with Crippen molar-refractivity contribution in [2.24, 2.45) is 0 Å². The Hall–Kier alpha value is 1.60. The van der Waals surface area contributed by atoms with Crippen LogP contribution < -0.4 is 0 Å². The largest absolute Gasteiger partial charge is 0.348 e. The molecule has 0 spiro atoms. The van der Waals surface area contributed by atoms with E-state index >= 15 is 0 Å². The molecule has 0 heterocycles. The SMILES string of the molecule is CC(CBr)OPI. The molecule has 0 aliphatic rings. The van der Waals surface area contributed by atoms with Crippen LogP contribution in [0.25, 0.3) is 0 Å². The van der Waals surface area contributed by atoms with E-state index in [9.17, 15) is 0 Å². The molecule has 0 rings (SSSR count). The molecule has 0 amide bonds. The quantitative estimate of drug-likeness (QED) is 0.442. The van der Waals surface area contributed by atoms with Crippen LogP contribution in [-0.4, -0.2) is 11.4 Å². The third kappa shape index (κ3) is 5.47. The van der Waals surface area contributed by atoms with Gasteiger partial charge in [-0.15, -0.1) is 0 Å². The Bertz CT molecular complexity index is 45.9. The van der Waals surface area contributed by atoms with Crippen LogP contribution >= 0.6 is 44.4 Å². The molecule has 0 bridgehead atoms. The number of hydrogen-bond donors (Lipinski definition) is 0. The second-order valence-corrected chi connectivity index (χ2v) is 3.52. The Balaban J connectivity index is 2.83. The highest BCUT2D eigenvalue weighted by molar-refractivity contribution is 14.2. The van der Waals surface area contributed by atoms with Gasteiger partial charge in [-0.05, 0) is 29.0 Å². The van der Waals surface area contributed by atoms with Gasteiger partial charge in [0.2, 0.25) is 0 Å². The van der Waals surface area contributed by atoms with Crippen LogP contribution in [0, 0.1) is 0 Å². The predicted octanol–water partition coefficient (Wildman–Crippen LogP) is 2.73. The Morgan fingerprint density at radius 1 is 2.00 bits per heavy atom. The van der Waals surface area contributed by atoms with Crippen molar-refractivity contribution in [1.82, 2.24) is 0 Å². The molecule has 44 valence electrons. The van der Waals surface area contributed by atoms with Gasteiger partial charge in [0.25, 0.3) is 0 Å². The van der Waals surface area contributed by atoms with Crippen molar-refractivity contribution >= 4 is 44.4 Å². The maximum absolute atomic E-state index is 5.16. The first-order valence-electron chi connectivity index (χ1n) is 1.88. The van der Waals surface area contributed by atoms with Gasteiger partial charge in [-0.25, -0.2) is 0 Å². The standard InChI is InChI=1S/C3H7BrIOP/c1-3(2-4)6-7-5/h3,7H,2H2,1H3. The van der Waals surface area contributed by atoms with Crippen LogP contribution in [0.2, 0.25) is 0 Å². The van der Waals surface area contributed by atoms with E-state index in [2.05, 4.69) is 38.0 Å². The highest BCUT2D eigenvalue weighted by atomic mass is 127. The van der Waals surface area contributed by atoms with Gasteiger partial charge in [0, 0.05) is 5.33 Å². The van der Waals surface area contributed by atoms with Gasteiger partial charge in [0.15, 0.2) is 0 Å². The van der Waals surface area contributed by atoms with Crippen molar-refractivity contribution in [2.45, 2.75) is 13.0 Å². The summed E-state index contributed by atoms with van der Waals surface area (Å²) in [5, 5.41) is 0.934. The van der Waals surface area contributed by atoms with Gasteiger partial charge < -0.3 is 4.52 Å². The van der Waals surface area contributed by atoms with E-state index in [0.717, 1.165) is 5.33 Å². The summed E-state index contributed by atoms with van der Waals surface area (Å²) >= 11 is 5.50. The number of hydrogen-bond acceptors (Lipinski definition) is 1. The molecule has 0 aromatic carbocycles. The van der Waals surface area contributed by atoms with E-state index in [1.807, 2.05) is 6.92 Å². The van der Waals surface area contributed by atoms with Crippen molar-refractivity contribution in [1.29, 1.82) is 0 Å². The van der Waals surface area contributed by atoms with Crippen LogP contribution in [0.15, 0.2) is 0 Å². The normalized spacial score (nSPS) is 15.9. The van der Waals surface area contributed by atoms with E-state index in [0.29, 0.717) is 12.6 Å². The van der Waals surface area contributed by atoms with E-state index in [4.69, 9.17) is 4.52 Å². The Morgan fingerprint density at radius 2 is 2.57 bits per heavy atom. The molecule has 0 saturated carbocycles. The predicted molar refractivity (Wildman–Crippen MR) is 46.7 cm³/mol. The van der Waals surface area contributed by atoms with Gasteiger partial charge in [-0.1, -0.05) is 15.9 Å². The van der Waals surface area contributed by atoms with Crippen LogP contribution in [0.5, 0.6) is 0 Å². The maximum atomic E-state index is 5.16. The fraction of sp³-hybridized carbons (Fsp3) is 1.00. The van der Waals surface area contributed by atoms with E-state index in [1.165, 1.54) is 0 Å². The lowest BCUT2D eigenvalue weighted by Crippen LogP contribution is -2.01. The van der Waals surface area contributed by atoms with Crippen molar-refractivity contribution in [3.8, 4) is 0 Å². The third-order valence-electron chi connectivity index (χ3n) is 0.463. The molecule has 0 aromatic rings. The molecule has 0 aromatic heterocycles. The summed E-state index contributed by atoms with van der Waals surface area (Å²) in [5.41, 5.74) is 0. The second kappa shape index (κ2) is 5.73. The van der Waals surface area contributed by atoms with Gasteiger partial charge in [0.05, 0.1) is 12.6 Å². The summed E-state index contributed by atoms with van der Waals surface area (Å²) in [6, 6.07) is 0. The first kappa shape index (κ1) is 8.60. The Kier molecular flexibility index (Phi) is 7.04. The molecule has 7 heavy (non-hydrogen) atoms. The summed E-state index contributed by atoms with van der Waals surface area (Å²) in [6.07, 6.45) is 0.371. The van der Waals surface area contributed by atoms with Gasteiger partial charge in [-0.3, -0.25) is 0 Å². The maximum Gasteiger partial charge on any atom is 0.0797 e. The first-order valence-corrected chi connectivity index (χ1v) is 7.03. The summed E-state index contributed by atoms with van der Waals surface area (Å²) in [4.78, 5) is 0. The third-order valence-corrected chi connectivity index (χ3v) is 2.63. The van der Waals surface area contributed by atoms with Crippen molar-refractivity contribution < 1.29 is 4.52 Å². The monoisotopic (exact) mass is 296 g/mol. The van der Waals surface area contributed by atoms with Gasteiger partial charge in [-0.2, -0.15) is 0 Å². The lowest BCUT2D eigenvalue weighted by Gasteiger charge is -2.03. The van der Waals surface area contributed by atoms with E-state index in [-0.39, 0.29) is 0 Å². The van der Waals surface area contributed by atoms with E-state index < -0.39 is 0 Å². The topological polar surface area (TPSA) is 9.23 Å². The molecule has 0 aliphatic heterocycles. The minimum atomic E-state index is 0.371. The Morgan fingerprint density at radius 3 is 2.71 bits per heavy atom. The summed E-state index contributed by atoms with van der Waals surface area (Å²) in [5.74, 6) is 0. The molecule has 0 fully saturated rings. The second-order valence-electron chi connectivity index (χ2n) is 1.16. The summed E-state index contributed by atoms with van der Waals surface area (Å²) in [6.45, 7) is 2.63. The molecular formula is C3H7BrIOP. The average Bonchev–Trinajstić information content (AvgIpc) is 1.68. The molecule has 0 radical (unpaired) electrons. The van der Waals surface area contributed by atoms with Crippen molar-refractivity contribution in [2.75, 3.05) is 5.33 Å². The van der Waals surface area contributed by atoms with Gasteiger partial charge >= 0.3 is 0 Å². The van der Waals surface area contributed by atoms with Crippen molar-refractivity contribution in [3.63, 3.8) is 0 Å². The smallest absolute Gasteiger partial charge is 0.0797 e. The molecule has 2 atom stereocenters. The lowest BCUT2D eigenvalue weighted by molar-refractivity contribution is 0.293. The Labute approximate surface area is 67.1 Å². The number of halogens is 2. The number of rotatable bonds is 3. The molecule has 0 saturated heterocycles. The highest BCUT2D eigenvalue weighted by Crippen LogP contribution is 2.24. The molecule has 1 nitrogen and oxygen atoms in total. The molecule has 0 aliphatic carbocycles. The lowest BCUT2D eigenvalue weighted by atomic mass is 10.5. The minimum absolute atomic E-state index is 0.371. The van der Waals surface area contributed by atoms with E-state index in [1.54, 1.807) is 0 Å². The zero-order valence-electron chi connectivity index (χ0n) is 3.95. The molecule has 0 N–H and O–H groups in total. The van der Waals surface area contributed by atoms with Crippen LogP contribution in [-0.2, 0) is 4.52 Å². The first-order chi connectivity index (χ1) is 3.31.